The van der Waals surface area contributed by atoms with Gasteiger partial charge in [-0.25, -0.2) is 9.67 Å². The topological polar surface area (TPSA) is 46.5 Å². The lowest BCUT2D eigenvalue weighted by Gasteiger charge is -2.04. The van der Waals surface area contributed by atoms with Gasteiger partial charge in [0.1, 0.15) is 5.82 Å². The van der Waals surface area contributed by atoms with Crippen molar-refractivity contribution in [2.45, 2.75) is 20.8 Å². The van der Waals surface area contributed by atoms with Crippen molar-refractivity contribution in [1.29, 1.82) is 0 Å². The van der Waals surface area contributed by atoms with Gasteiger partial charge in [0.25, 0.3) is 0 Å². The summed E-state index contributed by atoms with van der Waals surface area (Å²) in [4.78, 5) is 8.31. The number of aromatic nitrogens is 4. The van der Waals surface area contributed by atoms with Crippen LogP contribution in [0.25, 0.3) is 28.3 Å². The van der Waals surface area contributed by atoms with Crippen LogP contribution in [0.1, 0.15) is 17.1 Å². The number of rotatable bonds is 3. The van der Waals surface area contributed by atoms with Crippen LogP contribution >= 0.6 is 0 Å². The summed E-state index contributed by atoms with van der Waals surface area (Å²) in [6.45, 7) is 6.18. The van der Waals surface area contributed by atoms with Gasteiger partial charge in [-0.15, -0.1) is 0 Å². The third-order valence-corrected chi connectivity index (χ3v) is 4.46. The monoisotopic (exact) mass is 328 g/mol. The molecule has 0 fully saturated rings. The SMILES string of the molecule is Cc1nn(-c2ccccc2)c(C)c1-c1nc(-c2ccccc2)c(C)[nH]1. The highest BCUT2D eigenvalue weighted by Crippen LogP contribution is 2.30. The van der Waals surface area contributed by atoms with Crippen LogP contribution in [0.3, 0.4) is 0 Å². The van der Waals surface area contributed by atoms with Crippen LogP contribution < -0.4 is 0 Å². The molecule has 0 saturated heterocycles. The van der Waals surface area contributed by atoms with E-state index in [1.165, 1.54) is 0 Å². The first kappa shape index (κ1) is 15.4. The number of hydrogen-bond acceptors (Lipinski definition) is 2. The fourth-order valence-corrected chi connectivity index (χ4v) is 3.26. The number of benzene rings is 2. The second kappa shape index (κ2) is 6.06. The van der Waals surface area contributed by atoms with Crippen molar-refractivity contribution in [2.24, 2.45) is 0 Å². The van der Waals surface area contributed by atoms with E-state index < -0.39 is 0 Å². The van der Waals surface area contributed by atoms with Crippen LogP contribution in [0, 0.1) is 20.8 Å². The number of para-hydroxylation sites is 1. The van der Waals surface area contributed by atoms with E-state index in [9.17, 15) is 0 Å². The number of nitrogens with zero attached hydrogens (tertiary/aromatic N) is 3. The van der Waals surface area contributed by atoms with E-state index in [0.717, 1.165) is 45.4 Å². The molecule has 4 heteroatoms. The highest BCUT2D eigenvalue weighted by Gasteiger charge is 2.19. The molecule has 1 N–H and O–H groups in total. The van der Waals surface area contributed by atoms with Gasteiger partial charge < -0.3 is 4.98 Å². The molecule has 0 atom stereocenters. The zero-order valence-electron chi connectivity index (χ0n) is 14.6. The number of aryl methyl sites for hydroxylation is 2. The van der Waals surface area contributed by atoms with Crippen LogP contribution in [0.4, 0.5) is 0 Å². The first-order valence-electron chi connectivity index (χ1n) is 8.39. The Hall–Kier alpha value is -3.14. The summed E-state index contributed by atoms with van der Waals surface area (Å²) in [5.74, 6) is 0.869. The first-order chi connectivity index (χ1) is 12.1. The van der Waals surface area contributed by atoms with Gasteiger partial charge in [-0.3, -0.25) is 0 Å². The molecule has 0 amide bonds. The van der Waals surface area contributed by atoms with Crippen LogP contribution in [0.2, 0.25) is 0 Å². The normalized spacial score (nSPS) is 11.0. The zero-order chi connectivity index (χ0) is 17.4. The second-order valence-corrected chi connectivity index (χ2v) is 6.22. The highest BCUT2D eigenvalue weighted by molar-refractivity contribution is 5.70. The lowest BCUT2D eigenvalue weighted by molar-refractivity contribution is 0.834. The molecule has 0 aliphatic rings. The van der Waals surface area contributed by atoms with E-state index in [2.05, 4.69) is 43.1 Å². The molecule has 0 spiro atoms. The quantitative estimate of drug-likeness (QED) is 0.584. The maximum Gasteiger partial charge on any atom is 0.142 e. The van der Waals surface area contributed by atoms with Gasteiger partial charge >= 0.3 is 0 Å². The van der Waals surface area contributed by atoms with Crippen LogP contribution in [-0.2, 0) is 0 Å². The Balaban J connectivity index is 1.83. The minimum absolute atomic E-state index is 0.869. The Labute approximate surface area is 147 Å². The van der Waals surface area contributed by atoms with Gasteiger partial charge in [-0.05, 0) is 32.9 Å². The average Bonchev–Trinajstić information content (AvgIpc) is 3.16. The third kappa shape index (κ3) is 2.66. The van der Waals surface area contributed by atoms with E-state index in [4.69, 9.17) is 10.1 Å². The van der Waals surface area contributed by atoms with Crippen molar-refractivity contribution >= 4 is 0 Å². The van der Waals surface area contributed by atoms with Gasteiger partial charge in [-0.1, -0.05) is 48.5 Å². The second-order valence-electron chi connectivity index (χ2n) is 6.22. The summed E-state index contributed by atoms with van der Waals surface area (Å²) in [7, 11) is 0. The number of H-pyrrole nitrogens is 1. The Bertz CT molecular complexity index is 1010. The zero-order valence-corrected chi connectivity index (χ0v) is 14.6. The Morgan fingerprint density at radius 2 is 1.48 bits per heavy atom. The van der Waals surface area contributed by atoms with Gasteiger partial charge in [0, 0.05) is 11.3 Å². The molecule has 2 aromatic heterocycles. The minimum Gasteiger partial charge on any atom is -0.341 e. The molecule has 4 aromatic rings. The van der Waals surface area contributed by atoms with E-state index in [1.807, 2.05) is 48.0 Å². The number of aromatic amines is 1. The molecule has 0 aliphatic heterocycles. The lowest BCUT2D eigenvalue weighted by Crippen LogP contribution is -1.98. The summed E-state index contributed by atoms with van der Waals surface area (Å²) >= 11 is 0. The molecular formula is C21H20N4. The third-order valence-electron chi connectivity index (χ3n) is 4.46. The first-order valence-corrected chi connectivity index (χ1v) is 8.39. The van der Waals surface area contributed by atoms with Crippen LogP contribution in [0.5, 0.6) is 0 Å². The molecule has 4 rings (SSSR count). The van der Waals surface area contributed by atoms with Crippen molar-refractivity contribution in [2.75, 3.05) is 0 Å². The van der Waals surface area contributed by atoms with Gasteiger partial charge in [-0.2, -0.15) is 5.10 Å². The smallest absolute Gasteiger partial charge is 0.142 e. The highest BCUT2D eigenvalue weighted by atomic mass is 15.3. The fraction of sp³-hybridized carbons (Fsp3) is 0.143. The standard InChI is InChI=1S/C21H20N4/c1-14-19(16(3)25(24-14)18-12-8-5-9-13-18)21-22-15(2)20(23-21)17-10-6-4-7-11-17/h4-13H,1-3H3,(H,22,23). The molecule has 0 unspecified atom stereocenters. The molecule has 0 radical (unpaired) electrons. The Morgan fingerprint density at radius 3 is 2.16 bits per heavy atom. The van der Waals surface area contributed by atoms with Crippen molar-refractivity contribution < 1.29 is 0 Å². The van der Waals surface area contributed by atoms with E-state index in [-0.39, 0.29) is 0 Å². The minimum atomic E-state index is 0.869. The fourth-order valence-electron chi connectivity index (χ4n) is 3.26. The molecule has 2 heterocycles. The average molecular weight is 328 g/mol. The van der Waals surface area contributed by atoms with E-state index in [1.54, 1.807) is 0 Å². The van der Waals surface area contributed by atoms with Crippen LogP contribution in [-0.4, -0.2) is 19.7 Å². The number of imidazole rings is 1. The Kier molecular flexibility index (Phi) is 3.73. The van der Waals surface area contributed by atoms with Crippen molar-refractivity contribution in [3.63, 3.8) is 0 Å². The molecule has 124 valence electrons. The lowest BCUT2D eigenvalue weighted by atomic mass is 10.1. The molecule has 0 bridgehead atoms. The van der Waals surface area contributed by atoms with Gasteiger partial charge in [0.2, 0.25) is 0 Å². The van der Waals surface area contributed by atoms with E-state index in [0.29, 0.717) is 0 Å². The van der Waals surface area contributed by atoms with Crippen molar-refractivity contribution in [1.82, 2.24) is 19.7 Å². The van der Waals surface area contributed by atoms with E-state index >= 15 is 0 Å². The summed E-state index contributed by atoms with van der Waals surface area (Å²) in [6.07, 6.45) is 0. The molecule has 4 nitrogen and oxygen atoms in total. The summed E-state index contributed by atoms with van der Waals surface area (Å²) < 4.78 is 1.98. The maximum absolute atomic E-state index is 4.87. The van der Waals surface area contributed by atoms with Gasteiger partial charge in [0.15, 0.2) is 0 Å². The summed E-state index contributed by atoms with van der Waals surface area (Å²) in [5, 5.41) is 4.73. The van der Waals surface area contributed by atoms with Crippen molar-refractivity contribution in [3.8, 4) is 28.3 Å². The molecular weight excluding hydrogens is 308 g/mol. The summed E-state index contributed by atoms with van der Waals surface area (Å²) in [6, 6.07) is 20.4. The molecule has 0 aliphatic carbocycles. The molecule has 0 saturated carbocycles. The molecule has 2 aromatic carbocycles. The van der Waals surface area contributed by atoms with Crippen LogP contribution in [0.15, 0.2) is 60.7 Å². The number of nitrogens with one attached hydrogen (secondary N) is 1. The maximum atomic E-state index is 4.87. The largest absolute Gasteiger partial charge is 0.341 e. The number of hydrogen-bond donors (Lipinski definition) is 1. The summed E-state index contributed by atoms with van der Waals surface area (Å²) in [5.41, 5.74) is 7.34. The predicted molar refractivity (Wildman–Crippen MR) is 101 cm³/mol. The predicted octanol–water partition coefficient (Wildman–Crippen LogP) is 4.85. The van der Waals surface area contributed by atoms with Crippen molar-refractivity contribution in [3.05, 3.63) is 77.7 Å². The molecule has 25 heavy (non-hydrogen) atoms. The van der Waals surface area contributed by atoms with Gasteiger partial charge in [0.05, 0.1) is 28.3 Å². The Morgan fingerprint density at radius 1 is 0.840 bits per heavy atom.